The summed E-state index contributed by atoms with van der Waals surface area (Å²) in [5.41, 5.74) is -2.12. The highest BCUT2D eigenvalue weighted by atomic mass is 16.8. The Bertz CT molecular complexity index is 1690. The molecule has 27 atom stereocenters. The van der Waals surface area contributed by atoms with Crippen molar-refractivity contribution in [3.8, 4) is 0 Å². The summed E-state index contributed by atoms with van der Waals surface area (Å²) in [7, 11) is 0. The van der Waals surface area contributed by atoms with Crippen molar-refractivity contribution < 1.29 is 99.5 Å². The van der Waals surface area contributed by atoms with E-state index in [0.717, 1.165) is 44.9 Å². The number of rotatable bonds is 12. The minimum Gasteiger partial charge on any atom is -0.396 e. The average molecular weight is 979 g/mol. The number of ether oxygens (including phenoxy) is 7. The van der Waals surface area contributed by atoms with Gasteiger partial charge in [0.2, 0.25) is 0 Å². The molecule has 4 heterocycles. The summed E-state index contributed by atoms with van der Waals surface area (Å²) in [6, 6.07) is 0. The van der Waals surface area contributed by atoms with Crippen LogP contribution in [0.5, 0.6) is 0 Å². The maximum Gasteiger partial charge on any atom is 0.187 e. The minimum atomic E-state index is -1.87. The van der Waals surface area contributed by atoms with Gasteiger partial charge < -0.3 is 99.5 Å². The fourth-order valence-electron chi connectivity index (χ4n) is 15.4. The Morgan fingerprint density at radius 1 is 0.544 bits per heavy atom. The molecule has 4 aliphatic heterocycles. The Labute approximate surface area is 398 Å². The van der Waals surface area contributed by atoms with Gasteiger partial charge in [-0.1, -0.05) is 34.6 Å². The molecule has 20 heteroatoms. The number of hydrogen-bond acceptors (Lipinski definition) is 20. The van der Waals surface area contributed by atoms with Crippen LogP contribution < -0.4 is 0 Å². The van der Waals surface area contributed by atoms with Crippen LogP contribution in [0.1, 0.15) is 98.8 Å². The molecule has 8 aliphatic rings. The molecule has 4 aliphatic carbocycles. The third-order valence-corrected chi connectivity index (χ3v) is 19.9. The van der Waals surface area contributed by atoms with Crippen LogP contribution in [-0.4, -0.2) is 216 Å². The normalized spacial score (nSPS) is 55.8. The van der Waals surface area contributed by atoms with E-state index in [9.17, 15) is 66.4 Å². The van der Waals surface area contributed by atoms with Crippen molar-refractivity contribution in [2.24, 2.45) is 50.7 Å². The summed E-state index contributed by atoms with van der Waals surface area (Å²) < 4.78 is 43.4. The summed E-state index contributed by atoms with van der Waals surface area (Å²) in [6.45, 7) is 9.32. The molecule has 20 nitrogen and oxygen atoms in total. The zero-order valence-corrected chi connectivity index (χ0v) is 40.2. The molecule has 0 radical (unpaired) electrons. The van der Waals surface area contributed by atoms with Crippen molar-refractivity contribution in [3.63, 3.8) is 0 Å². The highest BCUT2D eigenvalue weighted by Gasteiger charge is 2.71. The second kappa shape index (κ2) is 20.1. The molecule has 0 bridgehead atoms. The summed E-state index contributed by atoms with van der Waals surface area (Å²) in [5, 5.41) is 139. The average Bonchev–Trinajstić information content (AvgIpc) is 3.32. The van der Waals surface area contributed by atoms with Gasteiger partial charge in [-0.2, -0.15) is 0 Å². The number of hydrogen-bond donors (Lipinski definition) is 13. The van der Waals surface area contributed by atoms with E-state index in [0.29, 0.717) is 25.9 Å². The van der Waals surface area contributed by atoms with Crippen molar-refractivity contribution in [1.29, 1.82) is 0 Å². The second-order valence-corrected chi connectivity index (χ2v) is 23.2. The largest absolute Gasteiger partial charge is 0.396 e. The summed E-state index contributed by atoms with van der Waals surface area (Å²) >= 11 is 0. The van der Waals surface area contributed by atoms with Crippen LogP contribution in [0.25, 0.3) is 0 Å². The van der Waals surface area contributed by atoms with Gasteiger partial charge in [-0.25, -0.2) is 0 Å². The van der Waals surface area contributed by atoms with Gasteiger partial charge in [0.15, 0.2) is 18.9 Å². The van der Waals surface area contributed by atoms with Gasteiger partial charge in [0.05, 0.1) is 51.3 Å². The van der Waals surface area contributed by atoms with Crippen LogP contribution in [0.3, 0.4) is 0 Å². The van der Waals surface area contributed by atoms with Crippen LogP contribution in [0.2, 0.25) is 0 Å². The lowest BCUT2D eigenvalue weighted by Gasteiger charge is -2.73. The van der Waals surface area contributed by atoms with Gasteiger partial charge >= 0.3 is 0 Å². The second-order valence-electron chi connectivity index (χ2n) is 23.2. The predicted molar refractivity (Wildman–Crippen MR) is 234 cm³/mol. The first-order chi connectivity index (χ1) is 32.1. The zero-order valence-electron chi connectivity index (χ0n) is 40.2. The molecule has 2 unspecified atom stereocenters. The standard InChI is InChI=1S/C48H82O20/c1-22(16-49)24-8-13-48(21-62-24)15-14-46(4)23(40(48)61)6-7-29-44(2)11-10-30(45(3,28(44)9-12-47(29,46)5)20-63-41-37(59)34(56)31(53)25(17-50)64-41)67-43-39(36(58)33(55)27(19-52)66-43)68-42-38(60)35(57)32(54)26(18-51)65-42/h22-43,49-61H,6-21H2,1-5H3/t22-,23+,24-,25+,26+,27+,28?,29?,30-,31+,32+,33+,34-,35-,36-,37+,38+,39+,40+,41+,42-,43-,44-,45-,46+,47+,48+/m0/s1. The van der Waals surface area contributed by atoms with E-state index in [-0.39, 0.29) is 64.6 Å². The Balaban J connectivity index is 1.09. The Morgan fingerprint density at radius 3 is 1.72 bits per heavy atom. The van der Waals surface area contributed by atoms with Gasteiger partial charge in [0.1, 0.15) is 73.2 Å². The van der Waals surface area contributed by atoms with Crippen molar-refractivity contribution >= 4 is 0 Å². The molecular formula is C48H82O20. The SMILES string of the molecule is C[C@@H](CO)[C@@H]1CC[C@@]2(CC[C@]3(C)[C@H](CCC4[C@@]5(C)CC[C@H](O[C@@H]6O[C@H](CO)[C@@H](O)[C@H](O)[C@H]6O[C@@H]6O[C@H](CO)[C@@H](O)[C@H](O)[C@H]6O)[C@@](C)(CO[C@@H]6O[C@H](CO)[C@@H](O)[C@H](O)[C@H]6O)C5CC[C@]43C)[C@H]2O)CO1. The predicted octanol–water partition coefficient (Wildman–Crippen LogP) is -1.98. The third kappa shape index (κ3) is 8.66. The molecule has 0 aromatic heterocycles. The first-order valence-corrected chi connectivity index (χ1v) is 25.2. The highest BCUT2D eigenvalue weighted by molar-refractivity contribution is 5.19. The topological polar surface area (TPSA) is 328 Å². The molecule has 13 N–H and O–H groups in total. The van der Waals surface area contributed by atoms with Gasteiger partial charge in [0.25, 0.3) is 0 Å². The van der Waals surface area contributed by atoms with E-state index in [4.69, 9.17) is 33.2 Å². The fourth-order valence-corrected chi connectivity index (χ4v) is 15.4. The maximum atomic E-state index is 12.5. The number of aliphatic hydroxyl groups excluding tert-OH is 13. The minimum absolute atomic E-state index is 0.0239. The molecule has 68 heavy (non-hydrogen) atoms. The van der Waals surface area contributed by atoms with E-state index < -0.39 is 130 Å². The lowest BCUT2D eigenvalue weighted by molar-refractivity contribution is -0.382. The first kappa shape index (κ1) is 53.5. The third-order valence-electron chi connectivity index (χ3n) is 19.9. The van der Waals surface area contributed by atoms with Crippen LogP contribution >= 0.6 is 0 Å². The van der Waals surface area contributed by atoms with Gasteiger partial charge in [-0.05, 0) is 98.2 Å². The molecule has 394 valence electrons. The molecule has 4 saturated heterocycles. The number of fused-ring (bicyclic) bond motifs is 5. The van der Waals surface area contributed by atoms with Crippen LogP contribution in [0.15, 0.2) is 0 Å². The highest BCUT2D eigenvalue weighted by Crippen LogP contribution is 2.75. The quantitative estimate of drug-likeness (QED) is 0.0943. The Hall–Kier alpha value is -0.800. The van der Waals surface area contributed by atoms with Gasteiger partial charge in [-0.3, -0.25) is 0 Å². The Morgan fingerprint density at radius 2 is 1.13 bits per heavy atom. The lowest BCUT2D eigenvalue weighted by Crippen LogP contribution is -2.69. The van der Waals surface area contributed by atoms with E-state index >= 15 is 0 Å². The molecule has 8 fully saturated rings. The monoisotopic (exact) mass is 979 g/mol. The van der Waals surface area contributed by atoms with Gasteiger partial charge in [-0.15, -0.1) is 0 Å². The Kier molecular flexibility index (Phi) is 15.8. The van der Waals surface area contributed by atoms with Gasteiger partial charge in [0, 0.05) is 23.4 Å². The summed E-state index contributed by atoms with van der Waals surface area (Å²) in [6.07, 6.45) is -18.0. The number of aliphatic hydroxyl groups is 13. The van der Waals surface area contributed by atoms with E-state index in [2.05, 4.69) is 20.8 Å². The van der Waals surface area contributed by atoms with Crippen molar-refractivity contribution in [2.45, 2.75) is 209 Å². The summed E-state index contributed by atoms with van der Waals surface area (Å²) in [5.74, 6) is 0.0754. The zero-order chi connectivity index (χ0) is 49.5. The van der Waals surface area contributed by atoms with E-state index in [1.807, 2.05) is 13.8 Å². The van der Waals surface area contributed by atoms with E-state index in [1.165, 1.54) is 0 Å². The molecule has 0 aromatic rings. The first-order valence-electron chi connectivity index (χ1n) is 25.2. The molecule has 1 spiro atoms. The van der Waals surface area contributed by atoms with Crippen LogP contribution in [-0.2, 0) is 33.2 Å². The molecule has 0 aromatic carbocycles. The van der Waals surface area contributed by atoms with Crippen LogP contribution in [0.4, 0.5) is 0 Å². The smallest absolute Gasteiger partial charge is 0.187 e. The lowest BCUT2D eigenvalue weighted by atomic mass is 9.33. The van der Waals surface area contributed by atoms with Crippen LogP contribution in [0, 0.1) is 50.7 Å². The van der Waals surface area contributed by atoms with Crippen molar-refractivity contribution in [1.82, 2.24) is 0 Å². The molecule has 8 rings (SSSR count). The van der Waals surface area contributed by atoms with Crippen molar-refractivity contribution in [2.75, 3.05) is 39.6 Å². The maximum absolute atomic E-state index is 12.5. The molecular weight excluding hydrogens is 897 g/mol. The fraction of sp³-hybridized carbons (Fsp3) is 1.00. The van der Waals surface area contributed by atoms with Crippen molar-refractivity contribution in [3.05, 3.63) is 0 Å². The molecule has 0 amide bonds. The van der Waals surface area contributed by atoms with E-state index in [1.54, 1.807) is 0 Å². The summed E-state index contributed by atoms with van der Waals surface area (Å²) in [4.78, 5) is 0. The molecule has 4 saturated carbocycles.